The summed E-state index contributed by atoms with van der Waals surface area (Å²) in [5, 5.41) is 0. The zero-order valence-corrected chi connectivity index (χ0v) is 15.2. The number of aryl methyl sites for hydroxylation is 1. The van der Waals surface area contributed by atoms with Gasteiger partial charge in [0.25, 0.3) is 0 Å². The molecule has 0 radical (unpaired) electrons. The van der Waals surface area contributed by atoms with E-state index in [2.05, 4.69) is 25.6 Å². The van der Waals surface area contributed by atoms with Crippen molar-refractivity contribution in [1.29, 1.82) is 0 Å². The highest BCUT2D eigenvalue weighted by atomic mass is 79.9. The number of nitrogens with one attached hydrogen (secondary N) is 1. The van der Waals surface area contributed by atoms with Gasteiger partial charge in [-0.05, 0) is 73.5 Å². The van der Waals surface area contributed by atoms with Crippen molar-refractivity contribution >= 4 is 26.0 Å². The molecule has 0 aliphatic carbocycles. The Labute approximate surface area is 136 Å². The van der Waals surface area contributed by atoms with Crippen LogP contribution in [0.3, 0.4) is 0 Å². The van der Waals surface area contributed by atoms with Crippen LogP contribution in [0.2, 0.25) is 0 Å². The molecule has 0 amide bonds. The van der Waals surface area contributed by atoms with Crippen molar-refractivity contribution in [2.24, 2.45) is 5.73 Å². The molecule has 120 valence electrons. The summed E-state index contributed by atoms with van der Waals surface area (Å²) in [5.41, 5.74) is 7.29. The molecule has 5 nitrogen and oxygen atoms in total. The van der Waals surface area contributed by atoms with Crippen molar-refractivity contribution in [1.82, 2.24) is 9.62 Å². The lowest BCUT2D eigenvalue weighted by molar-refractivity contribution is 0.394. The molecule has 7 heteroatoms. The Morgan fingerprint density at radius 1 is 1.29 bits per heavy atom. The van der Waals surface area contributed by atoms with Crippen LogP contribution in [-0.2, 0) is 16.6 Å². The first-order valence-electron chi connectivity index (χ1n) is 6.91. The van der Waals surface area contributed by atoms with Gasteiger partial charge in [0.05, 0.1) is 4.90 Å². The summed E-state index contributed by atoms with van der Waals surface area (Å²) in [6.07, 6.45) is 1.77. The van der Waals surface area contributed by atoms with E-state index < -0.39 is 10.0 Å². The van der Waals surface area contributed by atoms with Crippen LogP contribution in [0.1, 0.15) is 24.0 Å². The maximum atomic E-state index is 12.4. The van der Waals surface area contributed by atoms with Gasteiger partial charge in [-0.1, -0.05) is 6.07 Å². The second-order valence-corrected chi connectivity index (χ2v) is 7.87. The van der Waals surface area contributed by atoms with Crippen LogP contribution < -0.4 is 10.5 Å². The van der Waals surface area contributed by atoms with Gasteiger partial charge in [0, 0.05) is 17.6 Å². The van der Waals surface area contributed by atoms with Gasteiger partial charge in [-0.3, -0.25) is 0 Å². The van der Waals surface area contributed by atoms with Crippen LogP contribution in [0.5, 0.6) is 0 Å². The topological polar surface area (TPSA) is 75.4 Å². The third-order valence-corrected chi connectivity index (χ3v) is 5.93. The molecule has 1 aromatic carbocycles. The molecule has 3 N–H and O–H groups in total. The number of benzene rings is 1. The number of hydrogen-bond donors (Lipinski definition) is 2. The van der Waals surface area contributed by atoms with Gasteiger partial charge in [0.1, 0.15) is 0 Å². The fraction of sp³-hybridized carbons (Fsp3) is 0.571. The monoisotopic (exact) mass is 377 g/mol. The van der Waals surface area contributed by atoms with Crippen LogP contribution in [0.4, 0.5) is 0 Å². The van der Waals surface area contributed by atoms with E-state index in [-0.39, 0.29) is 4.90 Å². The minimum absolute atomic E-state index is 0.260. The average molecular weight is 378 g/mol. The molecule has 0 bridgehead atoms. The van der Waals surface area contributed by atoms with Crippen molar-refractivity contribution in [3.63, 3.8) is 0 Å². The van der Waals surface area contributed by atoms with E-state index in [4.69, 9.17) is 5.73 Å². The number of rotatable bonds is 8. The lowest BCUT2D eigenvalue weighted by Gasteiger charge is -2.13. The largest absolute Gasteiger partial charge is 0.326 e. The third-order valence-electron chi connectivity index (χ3n) is 3.13. The quantitative estimate of drug-likeness (QED) is 0.677. The second kappa shape index (κ2) is 8.24. The van der Waals surface area contributed by atoms with Gasteiger partial charge < -0.3 is 10.6 Å². The molecule has 1 rings (SSSR count). The number of nitrogens with two attached hydrogens (primary N) is 1. The Morgan fingerprint density at radius 2 is 1.95 bits per heavy atom. The van der Waals surface area contributed by atoms with Gasteiger partial charge >= 0.3 is 0 Å². The van der Waals surface area contributed by atoms with E-state index in [0.717, 1.165) is 30.5 Å². The summed E-state index contributed by atoms with van der Waals surface area (Å²) < 4.78 is 28.0. The van der Waals surface area contributed by atoms with Crippen molar-refractivity contribution in [2.45, 2.75) is 31.2 Å². The minimum Gasteiger partial charge on any atom is -0.326 e. The minimum atomic E-state index is -3.51. The molecule has 0 atom stereocenters. The van der Waals surface area contributed by atoms with E-state index in [9.17, 15) is 8.42 Å². The molecule has 0 unspecified atom stereocenters. The normalized spacial score (nSPS) is 12.1. The summed E-state index contributed by atoms with van der Waals surface area (Å²) in [6, 6.07) is 3.51. The van der Waals surface area contributed by atoms with Crippen molar-refractivity contribution < 1.29 is 8.42 Å². The highest BCUT2D eigenvalue weighted by molar-refractivity contribution is 9.10. The lowest BCUT2D eigenvalue weighted by Crippen LogP contribution is -2.26. The lowest BCUT2D eigenvalue weighted by atomic mass is 10.1. The van der Waals surface area contributed by atoms with E-state index in [0.29, 0.717) is 17.6 Å². The van der Waals surface area contributed by atoms with Crippen LogP contribution in [0.25, 0.3) is 0 Å². The summed E-state index contributed by atoms with van der Waals surface area (Å²) in [4.78, 5) is 2.34. The predicted octanol–water partition coefficient (Wildman–Crippen LogP) is 1.84. The van der Waals surface area contributed by atoms with Crippen LogP contribution in [0.15, 0.2) is 21.5 Å². The fourth-order valence-corrected chi connectivity index (χ4v) is 4.10. The van der Waals surface area contributed by atoms with Crippen molar-refractivity contribution in [2.75, 3.05) is 27.2 Å². The molecule has 0 saturated heterocycles. The van der Waals surface area contributed by atoms with Gasteiger partial charge in [-0.25, -0.2) is 13.1 Å². The molecule has 0 spiro atoms. The first kappa shape index (κ1) is 18.6. The Balaban J connectivity index is 2.76. The molecule has 0 aliphatic heterocycles. The first-order chi connectivity index (χ1) is 9.77. The van der Waals surface area contributed by atoms with Gasteiger partial charge in [-0.2, -0.15) is 0 Å². The number of sulfonamides is 1. The maximum absolute atomic E-state index is 12.4. The summed E-state index contributed by atoms with van der Waals surface area (Å²) >= 11 is 3.35. The summed E-state index contributed by atoms with van der Waals surface area (Å²) in [7, 11) is 0.492. The second-order valence-electron chi connectivity index (χ2n) is 5.34. The van der Waals surface area contributed by atoms with Crippen molar-refractivity contribution in [3.05, 3.63) is 27.7 Å². The summed E-state index contributed by atoms with van der Waals surface area (Å²) in [5.74, 6) is 0. The van der Waals surface area contributed by atoms with Crippen LogP contribution in [-0.4, -0.2) is 40.5 Å². The zero-order chi connectivity index (χ0) is 16.0. The number of nitrogens with zero attached hydrogens (tertiary/aromatic N) is 1. The van der Waals surface area contributed by atoms with E-state index in [1.165, 1.54) is 0 Å². The molecular formula is C14H24BrN3O2S. The third kappa shape index (κ3) is 5.67. The number of hydrogen-bond acceptors (Lipinski definition) is 4. The number of unbranched alkanes of at least 4 members (excludes halogenated alkanes) is 1. The SMILES string of the molecule is Cc1cc(CN)cc(S(=O)(=O)NCCCCN(C)C)c1Br. The highest BCUT2D eigenvalue weighted by Crippen LogP contribution is 2.27. The maximum Gasteiger partial charge on any atom is 0.241 e. The van der Waals surface area contributed by atoms with Gasteiger partial charge in [0.2, 0.25) is 10.0 Å². The average Bonchev–Trinajstić information content (AvgIpc) is 2.40. The molecule has 1 aromatic rings. The summed E-state index contributed by atoms with van der Waals surface area (Å²) in [6.45, 7) is 3.57. The Hall–Kier alpha value is -0.470. The van der Waals surface area contributed by atoms with E-state index in [1.54, 1.807) is 6.07 Å². The van der Waals surface area contributed by atoms with Gasteiger partial charge in [0.15, 0.2) is 0 Å². The molecule has 0 aliphatic rings. The molecule has 0 fully saturated rings. The van der Waals surface area contributed by atoms with Gasteiger partial charge in [-0.15, -0.1) is 0 Å². The van der Waals surface area contributed by atoms with Crippen LogP contribution in [0, 0.1) is 6.92 Å². The smallest absolute Gasteiger partial charge is 0.241 e. The number of halogens is 1. The van der Waals surface area contributed by atoms with E-state index in [1.807, 2.05) is 27.1 Å². The Morgan fingerprint density at radius 3 is 2.52 bits per heavy atom. The molecule has 0 heterocycles. The molecule has 21 heavy (non-hydrogen) atoms. The predicted molar refractivity (Wildman–Crippen MR) is 89.7 cm³/mol. The van der Waals surface area contributed by atoms with Crippen LogP contribution >= 0.6 is 15.9 Å². The molecular weight excluding hydrogens is 354 g/mol. The van der Waals surface area contributed by atoms with Crippen molar-refractivity contribution in [3.8, 4) is 0 Å². The Kier molecular flexibility index (Phi) is 7.29. The highest BCUT2D eigenvalue weighted by Gasteiger charge is 2.19. The van der Waals surface area contributed by atoms with E-state index >= 15 is 0 Å². The standard InChI is InChI=1S/C14H24BrN3O2S/c1-11-8-12(10-16)9-13(14(11)15)21(19,20)17-6-4-5-7-18(2)3/h8-9,17H,4-7,10,16H2,1-3H3. The molecule has 0 saturated carbocycles. The zero-order valence-electron chi connectivity index (χ0n) is 12.8. The Bertz CT molecular complexity index is 574. The fourth-order valence-electron chi connectivity index (χ4n) is 1.96. The molecule has 0 aromatic heterocycles. The first-order valence-corrected chi connectivity index (χ1v) is 9.19.